The van der Waals surface area contributed by atoms with Gasteiger partial charge in [0.25, 0.3) is 5.91 Å². The van der Waals surface area contributed by atoms with Gasteiger partial charge in [0.2, 0.25) is 0 Å². The van der Waals surface area contributed by atoms with Crippen LogP contribution in [0.3, 0.4) is 0 Å². The van der Waals surface area contributed by atoms with Crippen LogP contribution in [-0.4, -0.2) is 10.9 Å². The maximum atomic E-state index is 11.8. The summed E-state index contributed by atoms with van der Waals surface area (Å²) in [7, 11) is 0. The van der Waals surface area contributed by atoms with Gasteiger partial charge in [-0.05, 0) is 36.4 Å². The van der Waals surface area contributed by atoms with Crippen LogP contribution in [0, 0.1) is 0 Å². The molecule has 86 valence electrons. The molecule has 17 heavy (non-hydrogen) atoms. The highest BCUT2D eigenvalue weighted by molar-refractivity contribution is 6.30. The number of carbonyl (C=O) groups is 1. The molecule has 5 heteroatoms. The number of anilines is 1. The summed E-state index contributed by atoms with van der Waals surface area (Å²) < 4.78 is 0. The fourth-order valence-electron chi connectivity index (χ4n) is 1.26. The molecule has 0 aliphatic rings. The molecule has 3 nitrogen and oxygen atoms in total. The minimum absolute atomic E-state index is 0.271. The van der Waals surface area contributed by atoms with E-state index in [-0.39, 0.29) is 16.8 Å². The lowest BCUT2D eigenvalue weighted by molar-refractivity contribution is 0.102. The molecule has 0 aliphatic heterocycles. The molecular formula is C12H8Cl2N2O. The zero-order valence-corrected chi connectivity index (χ0v) is 10.2. The van der Waals surface area contributed by atoms with Crippen molar-refractivity contribution < 1.29 is 4.79 Å². The zero-order valence-electron chi connectivity index (χ0n) is 8.65. The number of rotatable bonds is 2. The van der Waals surface area contributed by atoms with Crippen molar-refractivity contribution in [3.05, 3.63) is 58.3 Å². The van der Waals surface area contributed by atoms with E-state index in [2.05, 4.69) is 10.3 Å². The lowest BCUT2D eigenvalue weighted by atomic mass is 10.3. The molecule has 0 aliphatic carbocycles. The Bertz CT molecular complexity index is 540. The smallest absolute Gasteiger partial charge is 0.274 e. The Morgan fingerprint density at radius 3 is 2.41 bits per heavy atom. The molecule has 1 amide bonds. The lowest BCUT2D eigenvalue weighted by Gasteiger charge is -2.04. The minimum Gasteiger partial charge on any atom is -0.321 e. The first-order valence-corrected chi connectivity index (χ1v) is 5.60. The predicted molar refractivity (Wildman–Crippen MR) is 68.7 cm³/mol. The van der Waals surface area contributed by atoms with E-state index in [9.17, 15) is 4.79 Å². The standard InChI is InChI=1S/C12H8Cl2N2O/c13-8-4-6-9(7-5-8)15-12(17)10-2-1-3-11(14)16-10/h1-7H,(H,15,17). The Morgan fingerprint density at radius 2 is 1.76 bits per heavy atom. The second-order valence-corrected chi connectivity index (χ2v) is 4.13. The summed E-state index contributed by atoms with van der Waals surface area (Å²) in [6.07, 6.45) is 0. The van der Waals surface area contributed by atoms with Crippen molar-refractivity contribution in [2.75, 3.05) is 5.32 Å². The number of pyridine rings is 1. The van der Waals surface area contributed by atoms with Crippen molar-refractivity contribution >= 4 is 34.8 Å². The molecule has 0 unspecified atom stereocenters. The molecule has 0 bridgehead atoms. The van der Waals surface area contributed by atoms with Gasteiger partial charge < -0.3 is 5.32 Å². The van der Waals surface area contributed by atoms with Gasteiger partial charge in [-0.3, -0.25) is 4.79 Å². The maximum Gasteiger partial charge on any atom is 0.274 e. The number of carbonyl (C=O) groups excluding carboxylic acids is 1. The molecule has 0 spiro atoms. The van der Waals surface area contributed by atoms with Crippen molar-refractivity contribution in [2.45, 2.75) is 0 Å². The minimum atomic E-state index is -0.310. The van der Waals surface area contributed by atoms with Gasteiger partial charge in [-0.1, -0.05) is 29.3 Å². The topological polar surface area (TPSA) is 42.0 Å². The predicted octanol–water partition coefficient (Wildman–Crippen LogP) is 3.64. The number of hydrogen-bond donors (Lipinski definition) is 1. The molecule has 2 aromatic rings. The zero-order chi connectivity index (χ0) is 12.3. The molecule has 1 aromatic carbocycles. The van der Waals surface area contributed by atoms with Gasteiger partial charge in [-0.15, -0.1) is 0 Å². The van der Waals surface area contributed by atoms with Crippen LogP contribution < -0.4 is 5.32 Å². The SMILES string of the molecule is O=C(Nc1ccc(Cl)cc1)c1cccc(Cl)n1. The normalized spacial score (nSPS) is 10.0. The van der Waals surface area contributed by atoms with E-state index < -0.39 is 0 Å². The van der Waals surface area contributed by atoms with E-state index >= 15 is 0 Å². The molecule has 1 aromatic heterocycles. The van der Waals surface area contributed by atoms with E-state index in [0.717, 1.165) is 0 Å². The van der Waals surface area contributed by atoms with E-state index in [0.29, 0.717) is 10.7 Å². The van der Waals surface area contributed by atoms with Crippen molar-refractivity contribution in [1.82, 2.24) is 4.98 Å². The first-order chi connectivity index (χ1) is 8.15. The van der Waals surface area contributed by atoms with Crippen LogP contribution in [0.5, 0.6) is 0 Å². The molecule has 1 N–H and O–H groups in total. The van der Waals surface area contributed by atoms with Crippen LogP contribution in [0.15, 0.2) is 42.5 Å². The summed E-state index contributed by atoms with van der Waals surface area (Å²) in [4.78, 5) is 15.7. The van der Waals surface area contributed by atoms with E-state index in [4.69, 9.17) is 23.2 Å². The van der Waals surface area contributed by atoms with Gasteiger partial charge in [-0.2, -0.15) is 0 Å². The molecule has 1 heterocycles. The van der Waals surface area contributed by atoms with Gasteiger partial charge in [0, 0.05) is 10.7 Å². The van der Waals surface area contributed by atoms with Crippen LogP contribution in [0.2, 0.25) is 10.2 Å². The number of aromatic nitrogens is 1. The highest BCUT2D eigenvalue weighted by Crippen LogP contribution is 2.14. The monoisotopic (exact) mass is 266 g/mol. The van der Waals surface area contributed by atoms with E-state index in [1.165, 1.54) is 0 Å². The molecular weight excluding hydrogens is 259 g/mol. The Kier molecular flexibility index (Phi) is 3.61. The average Bonchev–Trinajstić information content (AvgIpc) is 2.32. The van der Waals surface area contributed by atoms with Gasteiger partial charge >= 0.3 is 0 Å². The van der Waals surface area contributed by atoms with Gasteiger partial charge in [0.05, 0.1) is 0 Å². The molecule has 0 saturated carbocycles. The number of nitrogens with zero attached hydrogens (tertiary/aromatic N) is 1. The lowest BCUT2D eigenvalue weighted by Crippen LogP contribution is -2.13. The van der Waals surface area contributed by atoms with Crippen molar-refractivity contribution in [3.8, 4) is 0 Å². The van der Waals surface area contributed by atoms with Crippen LogP contribution in [0.25, 0.3) is 0 Å². The molecule has 0 fully saturated rings. The first-order valence-electron chi connectivity index (χ1n) is 4.84. The highest BCUT2D eigenvalue weighted by atomic mass is 35.5. The van der Waals surface area contributed by atoms with Crippen LogP contribution in [0.4, 0.5) is 5.69 Å². The van der Waals surface area contributed by atoms with Crippen molar-refractivity contribution in [3.63, 3.8) is 0 Å². The summed E-state index contributed by atoms with van der Waals surface area (Å²) in [5.74, 6) is -0.310. The third-order valence-electron chi connectivity index (χ3n) is 2.05. The van der Waals surface area contributed by atoms with E-state index in [1.807, 2.05) is 0 Å². The Morgan fingerprint density at radius 1 is 1.06 bits per heavy atom. The third kappa shape index (κ3) is 3.19. The third-order valence-corrected chi connectivity index (χ3v) is 2.51. The summed E-state index contributed by atoms with van der Waals surface area (Å²) in [6.45, 7) is 0. The summed E-state index contributed by atoms with van der Waals surface area (Å²) >= 11 is 11.4. The molecule has 2 rings (SSSR count). The Balaban J connectivity index is 2.14. The number of benzene rings is 1. The largest absolute Gasteiger partial charge is 0.321 e. The van der Waals surface area contributed by atoms with Crippen LogP contribution in [0.1, 0.15) is 10.5 Å². The Labute approximate surface area is 108 Å². The number of halogens is 2. The van der Waals surface area contributed by atoms with E-state index in [1.54, 1.807) is 42.5 Å². The highest BCUT2D eigenvalue weighted by Gasteiger charge is 2.07. The van der Waals surface area contributed by atoms with Gasteiger partial charge in [0.15, 0.2) is 0 Å². The summed E-state index contributed by atoms with van der Waals surface area (Å²) in [5, 5.41) is 3.59. The average molecular weight is 267 g/mol. The fraction of sp³-hybridized carbons (Fsp3) is 0. The second kappa shape index (κ2) is 5.17. The Hall–Kier alpha value is -1.58. The second-order valence-electron chi connectivity index (χ2n) is 3.31. The number of amides is 1. The van der Waals surface area contributed by atoms with Gasteiger partial charge in [-0.25, -0.2) is 4.98 Å². The molecule has 0 radical (unpaired) electrons. The van der Waals surface area contributed by atoms with Gasteiger partial charge in [0.1, 0.15) is 10.8 Å². The number of nitrogens with one attached hydrogen (secondary N) is 1. The van der Waals surface area contributed by atoms with Crippen molar-refractivity contribution in [1.29, 1.82) is 0 Å². The summed E-state index contributed by atoms with van der Waals surface area (Å²) in [5.41, 5.74) is 0.925. The van der Waals surface area contributed by atoms with Crippen molar-refractivity contribution in [2.24, 2.45) is 0 Å². The fourth-order valence-corrected chi connectivity index (χ4v) is 1.55. The quantitative estimate of drug-likeness (QED) is 0.844. The maximum absolute atomic E-state index is 11.8. The number of hydrogen-bond acceptors (Lipinski definition) is 2. The van der Waals surface area contributed by atoms with Crippen LogP contribution in [-0.2, 0) is 0 Å². The molecule has 0 atom stereocenters. The van der Waals surface area contributed by atoms with Crippen LogP contribution >= 0.6 is 23.2 Å². The summed E-state index contributed by atoms with van der Waals surface area (Å²) in [6, 6.07) is 11.7. The first kappa shape index (κ1) is 11.9. The molecule has 0 saturated heterocycles.